The Morgan fingerprint density at radius 1 is 1.43 bits per heavy atom. The Morgan fingerprint density at radius 2 is 2.13 bits per heavy atom. The average molecular weight is 324 g/mol. The maximum Gasteiger partial charge on any atom is 0.328 e. The third-order valence-corrected chi connectivity index (χ3v) is 2.90. The first-order chi connectivity index (χ1) is 10.8. The van der Waals surface area contributed by atoms with Crippen LogP contribution in [0.25, 0.3) is 0 Å². The Bertz CT molecular complexity index is 552. The number of furan rings is 1. The Kier molecular flexibility index (Phi) is 7.14. The molecule has 0 spiro atoms. The average Bonchev–Trinajstić information content (AvgIpc) is 3.03. The van der Waals surface area contributed by atoms with E-state index >= 15 is 0 Å². The van der Waals surface area contributed by atoms with Gasteiger partial charge in [0.1, 0.15) is 6.04 Å². The number of aliphatic hydroxyl groups is 1. The van der Waals surface area contributed by atoms with Crippen molar-refractivity contribution in [2.24, 2.45) is 0 Å². The van der Waals surface area contributed by atoms with Crippen LogP contribution in [0.5, 0.6) is 0 Å². The lowest BCUT2D eigenvalue weighted by molar-refractivity contribution is -0.152. The van der Waals surface area contributed by atoms with E-state index in [0.29, 0.717) is 6.21 Å². The molecule has 2 atom stereocenters. The second-order valence-corrected chi connectivity index (χ2v) is 5.16. The number of aliphatic hydroxyl groups excluding tert-OH is 1. The molecule has 3 N–H and O–H groups in total. The zero-order valence-electron chi connectivity index (χ0n) is 12.9. The zero-order chi connectivity index (χ0) is 17.4. The van der Waals surface area contributed by atoms with Crippen LogP contribution in [0.4, 0.5) is 0 Å². The molecule has 0 bridgehead atoms. The molecule has 23 heavy (non-hydrogen) atoms. The van der Waals surface area contributed by atoms with Gasteiger partial charge in [0.25, 0.3) is 5.91 Å². The topological polar surface area (TPSA) is 130 Å². The summed E-state index contributed by atoms with van der Waals surface area (Å²) in [6, 6.07) is 0.333. The van der Waals surface area contributed by atoms with E-state index < -0.39 is 29.8 Å². The predicted molar refractivity (Wildman–Crippen MR) is 79.9 cm³/mol. The number of hydrogen-bond acceptors (Lipinski definition) is 7. The quantitative estimate of drug-likeness (QED) is 0.454. The fourth-order valence-corrected chi connectivity index (χ4v) is 1.75. The number of amides is 1. The number of hydrogen-bond donors (Lipinski definition) is 3. The van der Waals surface area contributed by atoms with E-state index in [4.69, 9.17) is 14.6 Å². The Morgan fingerprint density at radius 3 is 2.65 bits per heavy atom. The van der Waals surface area contributed by atoms with Crippen molar-refractivity contribution in [1.82, 2.24) is 5.32 Å². The van der Waals surface area contributed by atoms with Crippen LogP contribution in [-0.2, 0) is 19.1 Å². The number of ketones is 1. The first-order valence-electron chi connectivity index (χ1n) is 7.09. The predicted octanol–water partition coefficient (Wildman–Crippen LogP) is 0.748. The van der Waals surface area contributed by atoms with Gasteiger partial charge in [-0.3, -0.25) is 9.59 Å². The number of Topliss-reactive ketones (excluding diaryl/α,β-unsaturated/α-hetero) is 1. The monoisotopic (exact) mass is 324 g/mol. The van der Waals surface area contributed by atoms with Crippen LogP contribution < -0.4 is 5.32 Å². The number of carbonyl (C=O) groups excluding carboxylic acids is 3. The summed E-state index contributed by atoms with van der Waals surface area (Å²) in [5, 5.41) is 19.1. The molecule has 1 aromatic rings. The summed E-state index contributed by atoms with van der Waals surface area (Å²) in [4.78, 5) is 35.2. The van der Waals surface area contributed by atoms with Crippen LogP contribution in [0.3, 0.4) is 0 Å². The minimum absolute atomic E-state index is 0.0242. The standard InChI is InChI=1S/C15H20N2O6/c1-9(2)23-15(21)12(4-3-11(18)7-16)17-14(20)13(19)10-5-6-22-8-10/h5-9,12-13,16,19H,3-4H2,1-2H3,(H,17,20)/t12-,13-/m0/s1. The highest BCUT2D eigenvalue weighted by Gasteiger charge is 2.27. The highest BCUT2D eigenvalue weighted by Crippen LogP contribution is 2.14. The van der Waals surface area contributed by atoms with Crippen LogP contribution in [-0.4, -0.2) is 41.1 Å². The molecule has 1 aromatic heterocycles. The molecule has 126 valence electrons. The number of rotatable bonds is 9. The molecule has 1 heterocycles. The van der Waals surface area contributed by atoms with Crippen molar-refractivity contribution in [3.63, 3.8) is 0 Å². The summed E-state index contributed by atoms with van der Waals surface area (Å²) in [7, 11) is 0. The van der Waals surface area contributed by atoms with Gasteiger partial charge in [0.2, 0.25) is 0 Å². The molecule has 0 unspecified atom stereocenters. The van der Waals surface area contributed by atoms with Crippen LogP contribution in [0.2, 0.25) is 0 Å². The van der Waals surface area contributed by atoms with Crippen LogP contribution in [0, 0.1) is 5.41 Å². The Balaban J connectivity index is 2.74. The molecule has 0 fully saturated rings. The summed E-state index contributed by atoms with van der Waals surface area (Å²) in [5.41, 5.74) is 0.244. The molecular weight excluding hydrogens is 304 g/mol. The number of ether oxygens (including phenoxy) is 1. The summed E-state index contributed by atoms with van der Waals surface area (Å²) in [6.45, 7) is 3.31. The number of carbonyl (C=O) groups is 3. The molecule has 8 heteroatoms. The van der Waals surface area contributed by atoms with Crippen LogP contribution in [0.1, 0.15) is 38.4 Å². The van der Waals surface area contributed by atoms with Gasteiger partial charge in [-0.25, -0.2) is 4.79 Å². The summed E-state index contributed by atoms with van der Waals surface area (Å²) in [5.74, 6) is -1.98. The van der Waals surface area contributed by atoms with Gasteiger partial charge >= 0.3 is 5.97 Å². The minimum atomic E-state index is -1.50. The highest BCUT2D eigenvalue weighted by atomic mass is 16.5. The van der Waals surface area contributed by atoms with Gasteiger partial charge in [-0.15, -0.1) is 0 Å². The van der Waals surface area contributed by atoms with Gasteiger partial charge in [-0.1, -0.05) is 0 Å². The van der Waals surface area contributed by atoms with Crippen LogP contribution >= 0.6 is 0 Å². The molecular formula is C15H20N2O6. The minimum Gasteiger partial charge on any atom is -0.472 e. The molecule has 0 saturated carbocycles. The van der Waals surface area contributed by atoms with E-state index in [0.717, 1.165) is 0 Å². The van der Waals surface area contributed by atoms with Crippen molar-refractivity contribution in [1.29, 1.82) is 5.41 Å². The molecule has 0 aliphatic heterocycles. The summed E-state index contributed by atoms with van der Waals surface area (Å²) >= 11 is 0. The molecule has 1 rings (SSSR count). The third kappa shape index (κ3) is 6.03. The second kappa shape index (κ2) is 8.84. The Labute approximate surface area is 133 Å². The van der Waals surface area contributed by atoms with E-state index in [1.54, 1.807) is 13.8 Å². The van der Waals surface area contributed by atoms with Gasteiger partial charge in [0.05, 0.1) is 24.8 Å². The van der Waals surface area contributed by atoms with Crippen LogP contribution in [0.15, 0.2) is 23.0 Å². The van der Waals surface area contributed by atoms with E-state index in [1.165, 1.54) is 18.6 Å². The maximum absolute atomic E-state index is 12.0. The van der Waals surface area contributed by atoms with Crippen molar-refractivity contribution in [2.45, 2.75) is 44.9 Å². The van der Waals surface area contributed by atoms with Crippen molar-refractivity contribution in [2.75, 3.05) is 0 Å². The van der Waals surface area contributed by atoms with Crippen molar-refractivity contribution in [3.8, 4) is 0 Å². The molecule has 0 saturated heterocycles. The molecule has 8 nitrogen and oxygen atoms in total. The lowest BCUT2D eigenvalue weighted by Gasteiger charge is -2.20. The van der Waals surface area contributed by atoms with Gasteiger partial charge < -0.3 is 25.0 Å². The largest absolute Gasteiger partial charge is 0.472 e. The summed E-state index contributed by atoms with van der Waals surface area (Å²) < 4.78 is 9.81. The second-order valence-electron chi connectivity index (χ2n) is 5.16. The van der Waals surface area contributed by atoms with E-state index in [9.17, 15) is 19.5 Å². The zero-order valence-corrected chi connectivity index (χ0v) is 12.9. The molecule has 0 aromatic carbocycles. The van der Waals surface area contributed by atoms with Crippen molar-refractivity contribution in [3.05, 3.63) is 24.2 Å². The summed E-state index contributed by atoms with van der Waals surface area (Å²) in [6.07, 6.45) is 1.16. The molecule has 0 aliphatic rings. The molecule has 0 radical (unpaired) electrons. The smallest absolute Gasteiger partial charge is 0.328 e. The van der Waals surface area contributed by atoms with Gasteiger partial charge in [-0.05, 0) is 26.3 Å². The van der Waals surface area contributed by atoms with E-state index in [1.807, 2.05) is 0 Å². The lowest BCUT2D eigenvalue weighted by atomic mass is 10.1. The SMILES string of the molecule is CC(C)OC(=O)[C@H](CCC(=O)C=N)NC(=O)[C@@H](O)c1ccoc1. The lowest BCUT2D eigenvalue weighted by Crippen LogP contribution is -2.44. The van der Waals surface area contributed by atoms with Crippen molar-refractivity contribution >= 4 is 23.9 Å². The van der Waals surface area contributed by atoms with E-state index in [-0.39, 0.29) is 24.5 Å². The van der Waals surface area contributed by atoms with Crippen molar-refractivity contribution < 1.29 is 28.6 Å². The number of esters is 1. The van der Waals surface area contributed by atoms with Gasteiger partial charge in [0, 0.05) is 12.0 Å². The van der Waals surface area contributed by atoms with Gasteiger partial charge in [-0.2, -0.15) is 0 Å². The molecule has 1 amide bonds. The maximum atomic E-state index is 12.0. The Hall–Kier alpha value is -2.48. The van der Waals surface area contributed by atoms with E-state index in [2.05, 4.69) is 5.32 Å². The van der Waals surface area contributed by atoms with Gasteiger partial charge in [0.15, 0.2) is 11.9 Å². The first kappa shape index (κ1) is 18.6. The molecule has 0 aliphatic carbocycles. The third-order valence-electron chi connectivity index (χ3n) is 2.90. The first-order valence-corrected chi connectivity index (χ1v) is 7.09. The highest BCUT2D eigenvalue weighted by molar-refractivity contribution is 6.26. The normalized spacial score (nSPS) is 13.2. The number of nitrogens with one attached hydrogen (secondary N) is 2. The fourth-order valence-electron chi connectivity index (χ4n) is 1.75. The fraction of sp³-hybridized carbons (Fsp3) is 0.467.